The van der Waals surface area contributed by atoms with E-state index in [0.717, 1.165) is 8.97 Å². The van der Waals surface area contributed by atoms with Crippen molar-refractivity contribution in [3.8, 4) is 0 Å². The molecule has 0 unspecified atom stereocenters. The molecule has 0 aliphatic heterocycles. The van der Waals surface area contributed by atoms with Crippen LogP contribution in [0.25, 0.3) is 0 Å². The van der Waals surface area contributed by atoms with Gasteiger partial charge in [0.1, 0.15) is 0 Å². The van der Waals surface area contributed by atoms with Crippen LogP contribution in [0.3, 0.4) is 0 Å². The highest BCUT2D eigenvalue weighted by atomic mass is 28.2. The van der Waals surface area contributed by atoms with Crippen LogP contribution in [0.15, 0.2) is 0 Å². The second kappa shape index (κ2) is 10.1. The molecule has 0 bridgehead atoms. The van der Waals surface area contributed by atoms with Gasteiger partial charge in [0.15, 0.2) is 0 Å². The van der Waals surface area contributed by atoms with Crippen molar-refractivity contribution in [1.29, 1.82) is 0 Å². The van der Waals surface area contributed by atoms with Crippen LogP contribution in [-0.4, -0.2) is 81.3 Å². The van der Waals surface area contributed by atoms with Crippen LogP contribution in [0.1, 0.15) is 0 Å². The van der Waals surface area contributed by atoms with Crippen molar-refractivity contribution >= 4 is 10.5 Å². The van der Waals surface area contributed by atoms with Gasteiger partial charge in [0, 0.05) is 0 Å². The standard InChI is InChI=1S/2C4H12N.H3OSi.H2O/c2*1-5(2,3)4;1-2;/h2*1-4H3;2H3;1H2/q2*+1;-1;/p-1. The van der Waals surface area contributed by atoms with E-state index in [1.807, 2.05) is 0 Å². The Morgan fingerprint density at radius 3 is 0.615 bits per heavy atom. The largest absolute Gasteiger partial charge is 0.870 e. The minimum absolute atomic E-state index is 0. The average molecular weight is 212 g/mol. The fraction of sp³-hybridized carbons (Fsp3) is 1.00. The number of rotatable bonds is 0. The Hall–Kier alpha value is 0.0569. The zero-order valence-electron chi connectivity index (χ0n) is 10.7. The van der Waals surface area contributed by atoms with Crippen LogP contribution < -0.4 is 4.80 Å². The molecule has 0 aliphatic carbocycles. The normalized spacial score (nSPS) is 9.92. The molecule has 5 heteroatoms. The van der Waals surface area contributed by atoms with E-state index in [1.165, 1.54) is 0 Å². The maximum Gasteiger partial charge on any atom is 0.0675 e. The van der Waals surface area contributed by atoms with E-state index in [2.05, 4.69) is 56.4 Å². The van der Waals surface area contributed by atoms with E-state index in [9.17, 15) is 0 Å². The first-order valence-electron chi connectivity index (χ1n) is 3.99. The zero-order valence-corrected chi connectivity index (χ0v) is 12.7. The third kappa shape index (κ3) is 377000. The second-order valence-corrected chi connectivity index (χ2v) is 5.37. The van der Waals surface area contributed by atoms with Gasteiger partial charge in [0.2, 0.25) is 0 Å². The summed E-state index contributed by atoms with van der Waals surface area (Å²) in [5.74, 6) is 0. The van der Waals surface area contributed by atoms with Crippen LogP contribution in [-0.2, 0) is 0 Å². The fourth-order valence-corrected chi connectivity index (χ4v) is 0. The van der Waals surface area contributed by atoms with E-state index >= 15 is 0 Å². The monoisotopic (exact) mass is 212 g/mol. The van der Waals surface area contributed by atoms with Gasteiger partial charge in [-0.2, -0.15) is 0 Å². The number of hydrogen-bond donors (Lipinski definition) is 0. The van der Waals surface area contributed by atoms with Crippen molar-refractivity contribution in [2.24, 2.45) is 0 Å². The molecule has 0 aromatic heterocycles. The Bertz CT molecular complexity index is 63.1. The minimum atomic E-state index is 0. The molecule has 0 saturated carbocycles. The van der Waals surface area contributed by atoms with Crippen molar-refractivity contribution in [3.05, 3.63) is 0 Å². The van der Waals surface area contributed by atoms with E-state index in [0.29, 0.717) is 0 Å². The number of nitrogens with zero attached hydrogens (tertiary/aromatic N) is 2. The van der Waals surface area contributed by atoms with Gasteiger partial charge in [-0.3, -0.25) is 0 Å². The molecule has 0 fully saturated rings. The Morgan fingerprint density at radius 1 is 0.615 bits per heavy atom. The third-order valence-electron chi connectivity index (χ3n) is 0. The highest BCUT2D eigenvalue weighted by molar-refractivity contribution is 5.92. The molecule has 0 aliphatic rings. The van der Waals surface area contributed by atoms with Gasteiger partial charge >= 0.3 is 0 Å². The molecule has 0 radical (unpaired) electrons. The first-order valence-corrected chi connectivity index (χ1v) is 4.80. The first kappa shape index (κ1) is 23.1. The maximum atomic E-state index is 8.39. The van der Waals surface area contributed by atoms with Crippen molar-refractivity contribution in [2.75, 3.05) is 56.4 Å². The molecule has 13 heavy (non-hydrogen) atoms. The summed E-state index contributed by atoms with van der Waals surface area (Å²) in [6.45, 7) is 0. The lowest BCUT2D eigenvalue weighted by Crippen LogP contribution is -2.27. The van der Waals surface area contributed by atoms with Gasteiger partial charge in [-0.15, -0.1) is 0 Å². The summed E-state index contributed by atoms with van der Waals surface area (Å²) in [5.41, 5.74) is 0. The van der Waals surface area contributed by atoms with E-state index in [4.69, 9.17) is 4.80 Å². The van der Waals surface area contributed by atoms with Crippen molar-refractivity contribution in [1.82, 2.24) is 0 Å². The molecule has 1 N–H and O–H groups in total. The van der Waals surface area contributed by atoms with Crippen LogP contribution in [0, 0.1) is 0 Å². The van der Waals surface area contributed by atoms with Crippen LogP contribution in [0.5, 0.6) is 0 Å². The molecular formula is C8H28N2O2Si. The minimum Gasteiger partial charge on any atom is -0.870 e. The predicted octanol–water partition coefficient (Wildman–Crippen LogP) is -1.90. The van der Waals surface area contributed by atoms with Gasteiger partial charge in [-0.25, -0.2) is 0 Å². The number of hydrogen-bond acceptors (Lipinski definition) is 2. The molecule has 0 rings (SSSR count). The molecule has 0 aromatic rings. The Kier molecular flexibility index (Phi) is 18.0. The quantitative estimate of drug-likeness (QED) is 0.348. The summed E-state index contributed by atoms with van der Waals surface area (Å²) in [4.78, 5) is 8.39. The topological polar surface area (TPSA) is 53.1 Å². The van der Waals surface area contributed by atoms with Gasteiger partial charge in [0.25, 0.3) is 0 Å². The highest BCUT2D eigenvalue weighted by Crippen LogP contribution is 1.74. The molecule has 0 heterocycles. The summed E-state index contributed by atoms with van der Waals surface area (Å²) >= 11 is 0. The van der Waals surface area contributed by atoms with Crippen molar-refractivity contribution < 1.29 is 19.2 Å². The maximum absolute atomic E-state index is 8.39. The van der Waals surface area contributed by atoms with Crippen LogP contribution in [0.2, 0.25) is 0 Å². The summed E-state index contributed by atoms with van der Waals surface area (Å²) in [7, 11) is 17.1. The summed E-state index contributed by atoms with van der Waals surface area (Å²) < 4.78 is 2.00. The van der Waals surface area contributed by atoms with E-state index in [-0.39, 0.29) is 16.0 Å². The summed E-state index contributed by atoms with van der Waals surface area (Å²) in [6, 6.07) is 0. The molecule has 0 aromatic carbocycles. The molecule has 86 valence electrons. The lowest BCUT2D eigenvalue weighted by Gasteiger charge is -2.14. The molecule has 0 spiro atoms. The van der Waals surface area contributed by atoms with Gasteiger partial charge < -0.3 is 19.2 Å². The Balaban J connectivity index is -0.0000000491. The van der Waals surface area contributed by atoms with Crippen LogP contribution in [0.4, 0.5) is 0 Å². The molecule has 0 amide bonds. The second-order valence-electron chi connectivity index (χ2n) is 5.37. The third-order valence-corrected chi connectivity index (χ3v) is 0. The van der Waals surface area contributed by atoms with Crippen molar-refractivity contribution in [3.63, 3.8) is 0 Å². The van der Waals surface area contributed by atoms with Crippen LogP contribution >= 0.6 is 0 Å². The predicted molar refractivity (Wildman–Crippen MR) is 59.8 cm³/mol. The van der Waals surface area contributed by atoms with E-state index in [1.54, 1.807) is 0 Å². The molecule has 0 atom stereocenters. The SMILES string of the molecule is C[N+](C)(C)C.C[N+](C)(C)C.[O-][SiH3].[OH-]. The molecule has 0 saturated heterocycles. The lowest BCUT2D eigenvalue weighted by atomic mass is 10.8. The Morgan fingerprint density at radius 2 is 0.615 bits per heavy atom. The lowest BCUT2D eigenvalue weighted by molar-refractivity contribution is -0.849. The molecule has 4 nitrogen and oxygen atoms in total. The zero-order chi connectivity index (χ0) is 11.0. The van der Waals surface area contributed by atoms with E-state index < -0.39 is 0 Å². The first-order chi connectivity index (χ1) is 5.00. The summed E-state index contributed by atoms with van der Waals surface area (Å²) in [6.07, 6.45) is 0. The van der Waals surface area contributed by atoms with Gasteiger partial charge in [-0.1, -0.05) is 10.5 Å². The number of quaternary nitrogens is 2. The summed E-state index contributed by atoms with van der Waals surface area (Å²) in [5, 5.41) is 0. The van der Waals surface area contributed by atoms with Crippen molar-refractivity contribution in [2.45, 2.75) is 0 Å². The average Bonchev–Trinajstić information content (AvgIpc) is 1.59. The fourth-order valence-electron chi connectivity index (χ4n) is 0. The van der Waals surface area contributed by atoms with Gasteiger partial charge in [-0.05, 0) is 0 Å². The molecular weight excluding hydrogens is 184 g/mol. The highest BCUT2D eigenvalue weighted by Gasteiger charge is 1.88. The van der Waals surface area contributed by atoms with Gasteiger partial charge in [0.05, 0.1) is 56.4 Å². The smallest absolute Gasteiger partial charge is 0.0675 e. The Labute approximate surface area is 86.8 Å².